The molecule has 2 rings (SSSR count). The SMILES string of the molecule is CCN(CC)C(CNC(=O)C(CCSC)NC(=O)COc1ccccc1)c1ccccc1Cl. The summed E-state index contributed by atoms with van der Waals surface area (Å²) in [6, 6.07) is 16.1. The van der Waals surface area contributed by atoms with Gasteiger partial charge in [0, 0.05) is 11.6 Å². The van der Waals surface area contributed by atoms with Crippen molar-refractivity contribution in [1.82, 2.24) is 15.5 Å². The quantitative estimate of drug-likeness (QED) is 0.415. The van der Waals surface area contributed by atoms with E-state index in [9.17, 15) is 9.59 Å². The fourth-order valence-electron chi connectivity index (χ4n) is 3.57. The minimum absolute atomic E-state index is 0.0593. The molecule has 0 bridgehead atoms. The summed E-state index contributed by atoms with van der Waals surface area (Å²) in [5, 5.41) is 6.54. The number of amides is 2. The van der Waals surface area contributed by atoms with Crippen molar-refractivity contribution in [3.8, 4) is 5.75 Å². The van der Waals surface area contributed by atoms with Gasteiger partial charge in [0.2, 0.25) is 5.91 Å². The van der Waals surface area contributed by atoms with Gasteiger partial charge in [-0.15, -0.1) is 0 Å². The smallest absolute Gasteiger partial charge is 0.258 e. The van der Waals surface area contributed by atoms with Gasteiger partial charge in [-0.05, 0) is 55.3 Å². The zero-order chi connectivity index (χ0) is 24.1. The largest absolute Gasteiger partial charge is 0.484 e. The number of thioether (sulfide) groups is 1. The number of nitrogens with one attached hydrogen (secondary N) is 2. The van der Waals surface area contributed by atoms with Crippen molar-refractivity contribution in [3.63, 3.8) is 0 Å². The average molecular weight is 492 g/mol. The minimum atomic E-state index is -0.632. The van der Waals surface area contributed by atoms with Gasteiger partial charge in [-0.25, -0.2) is 0 Å². The first-order valence-corrected chi connectivity index (χ1v) is 13.0. The number of halogens is 1. The molecule has 0 aliphatic rings. The Bertz CT molecular complexity index is 865. The van der Waals surface area contributed by atoms with E-state index in [4.69, 9.17) is 16.3 Å². The Morgan fingerprint density at radius 2 is 1.73 bits per heavy atom. The van der Waals surface area contributed by atoms with E-state index >= 15 is 0 Å². The molecule has 0 aliphatic carbocycles. The van der Waals surface area contributed by atoms with E-state index in [1.807, 2.05) is 48.7 Å². The molecule has 2 N–H and O–H groups in total. The first kappa shape index (κ1) is 27.0. The third kappa shape index (κ3) is 8.91. The second-order valence-corrected chi connectivity index (χ2v) is 8.90. The molecule has 8 heteroatoms. The molecule has 2 unspecified atom stereocenters. The number of likely N-dealkylation sites (N-methyl/N-ethyl adjacent to an activating group) is 1. The first-order valence-electron chi connectivity index (χ1n) is 11.2. The number of para-hydroxylation sites is 1. The van der Waals surface area contributed by atoms with E-state index < -0.39 is 6.04 Å². The van der Waals surface area contributed by atoms with Crippen LogP contribution in [-0.4, -0.2) is 61.0 Å². The second-order valence-electron chi connectivity index (χ2n) is 7.51. The molecule has 2 aromatic rings. The van der Waals surface area contributed by atoms with E-state index in [1.54, 1.807) is 23.9 Å². The number of hydrogen-bond donors (Lipinski definition) is 2. The number of nitrogens with zero attached hydrogens (tertiary/aromatic N) is 1. The van der Waals surface area contributed by atoms with Gasteiger partial charge in [0.25, 0.3) is 5.91 Å². The molecule has 0 radical (unpaired) electrons. The van der Waals surface area contributed by atoms with Gasteiger partial charge in [-0.3, -0.25) is 14.5 Å². The monoisotopic (exact) mass is 491 g/mol. The lowest BCUT2D eigenvalue weighted by atomic mass is 10.0. The Morgan fingerprint density at radius 3 is 2.36 bits per heavy atom. The van der Waals surface area contributed by atoms with Crippen molar-refractivity contribution < 1.29 is 14.3 Å². The standard InChI is InChI=1S/C25H34ClN3O3S/c1-4-29(5-2)23(20-13-9-10-14-21(20)26)17-27-25(31)22(15-16-33-3)28-24(30)18-32-19-11-7-6-8-12-19/h6-14,22-23H,4-5,15-18H2,1-3H3,(H,27,31)(H,28,30). The zero-order valence-electron chi connectivity index (χ0n) is 19.6. The van der Waals surface area contributed by atoms with Crippen LogP contribution in [-0.2, 0) is 9.59 Å². The number of carbonyl (C=O) groups excluding carboxylic acids is 2. The Morgan fingerprint density at radius 1 is 1.06 bits per heavy atom. The van der Waals surface area contributed by atoms with Crippen LogP contribution in [0, 0.1) is 0 Å². The van der Waals surface area contributed by atoms with E-state index in [-0.39, 0.29) is 24.5 Å². The molecule has 2 aromatic carbocycles. The van der Waals surface area contributed by atoms with Crippen molar-refractivity contribution in [2.24, 2.45) is 0 Å². The van der Waals surface area contributed by atoms with Crippen molar-refractivity contribution in [3.05, 3.63) is 65.2 Å². The highest BCUT2D eigenvalue weighted by Crippen LogP contribution is 2.27. The Hall–Kier alpha value is -2.22. The molecule has 2 atom stereocenters. The maximum atomic E-state index is 13.1. The topological polar surface area (TPSA) is 70.7 Å². The van der Waals surface area contributed by atoms with Crippen molar-refractivity contribution in [2.45, 2.75) is 32.4 Å². The van der Waals surface area contributed by atoms with E-state index in [1.165, 1.54) is 0 Å². The summed E-state index contributed by atoms with van der Waals surface area (Å²) in [6.07, 6.45) is 2.51. The van der Waals surface area contributed by atoms with Crippen LogP contribution in [0.4, 0.5) is 0 Å². The maximum Gasteiger partial charge on any atom is 0.258 e. The third-order valence-corrected chi connectivity index (χ3v) is 6.35. The molecule has 2 amide bonds. The van der Waals surface area contributed by atoms with Crippen LogP contribution in [0.5, 0.6) is 5.75 Å². The summed E-state index contributed by atoms with van der Waals surface area (Å²) in [5.74, 6) is 0.828. The molecule has 0 aliphatic heterocycles. The van der Waals surface area contributed by atoms with Gasteiger partial charge < -0.3 is 15.4 Å². The van der Waals surface area contributed by atoms with Crippen LogP contribution in [0.3, 0.4) is 0 Å². The van der Waals surface area contributed by atoms with E-state index in [0.29, 0.717) is 23.7 Å². The van der Waals surface area contributed by atoms with Gasteiger partial charge in [-0.2, -0.15) is 11.8 Å². The summed E-state index contributed by atoms with van der Waals surface area (Å²) in [6.45, 7) is 6.08. The normalized spacial score (nSPS) is 12.8. The molecule has 0 fully saturated rings. The minimum Gasteiger partial charge on any atom is -0.484 e. The molecule has 6 nitrogen and oxygen atoms in total. The van der Waals surface area contributed by atoms with E-state index in [2.05, 4.69) is 29.4 Å². The fourth-order valence-corrected chi connectivity index (χ4v) is 4.31. The molecule has 0 aromatic heterocycles. The number of carbonyl (C=O) groups is 2. The zero-order valence-corrected chi connectivity index (χ0v) is 21.1. The first-order chi connectivity index (χ1) is 16.0. The molecule has 33 heavy (non-hydrogen) atoms. The lowest BCUT2D eigenvalue weighted by Crippen LogP contribution is -2.50. The van der Waals surface area contributed by atoms with Gasteiger partial charge in [0.1, 0.15) is 11.8 Å². The van der Waals surface area contributed by atoms with Gasteiger partial charge in [0.15, 0.2) is 6.61 Å². The number of ether oxygens (including phenoxy) is 1. The highest BCUT2D eigenvalue weighted by molar-refractivity contribution is 7.98. The fraction of sp³-hybridized carbons (Fsp3) is 0.440. The van der Waals surface area contributed by atoms with Crippen LogP contribution in [0.2, 0.25) is 5.02 Å². The van der Waals surface area contributed by atoms with Gasteiger partial charge >= 0.3 is 0 Å². The van der Waals surface area contributed by atoms with Crippen molar-refractivity contribution in [1.29, 1.82) is 0 Å². The van der Waals surface area contributed by atoms with Crippen LogP contribution in [0.25, 0.3) is 0 Å². The van der Waals surface area contributed by atoms with Crippen molar-refractivity contribution in [2.75, 3.05) is 38.2 Å². The summed E-state index contributed by atoms with van der Waals surface area (Å²) in [4.78, 5) is 27.8. The molecule has 0 spiro atoms. The Labute approximate surface area is 206 Å². The van der Waals surface area contributed by atoms with Gasteiger partial charge in [0.05, 0.1) is 6.04 Å². The highest BCUT2D eigenvalue weighted by atomic mass is 35.5. The van der Waals surface area contributed by atoms with Crippen molar-refractivity contribution >= 4 is 35.2 Å². The van der Waals surface area contributed by atoms with Crippen LogP contribution in [0.15, 0.2) is 54.6 Å². The van der Waals surface area contributed by atoms with Crippen LogP contribution in [0.1, 0.15) is 31.9 Å². The summed E-state index contributed by atoms with van der Waals surface area (Å²) >= 11 is 8.10. The summed E-state index contributed by atoms with van der Waals surface area (Å²) in [5.41, 5.74) is 0.976. The Balaban J connectivity index is 2.02. The lowest BCUT2D eigenvalue weighted by molar-refractivity contribution is -0.130. The van der Waals surface area contributed by atoms with E-state index in [0.717, 1.165) is 24.4 Å². The second kappa shape index (κ2) is 14.8. The van der Waals surface area contributed by atoms with Gasteiger partial charge in [-0.1, -0.05) is 61.8 Å². The highest BCUT2D eigenvalue weighted by Gasteiger charge is 2.25. The molecule has 0 saturated carbocycles. The molecule has 0 heterocycles. The molecular formula is C25H34ClN3O3S. The maximum absolute atomic E-state index is 13.1. The van der Waals surface area contributed by atoms with Crippen LogP contribution >= 0.6 is 23.4 Å². The summed E-state index contributed by atoms with van der Waals surface area (Å²) < 4.78 is 5.51. The number of benzene rings is 2. The van der Waals surface area contributed by atoms with Crippen LogP contribution < -0.4 is 15.4 Å². The molecule has 0 saturated heterocycles. The lowest BCUT2D eigenvalue weighted by Gasteiger charge is -2.31. The summed E-state index contributed by atoms with van der Waals surface area (Å²) in [7, 11) is 0. The number of rotatable bonds is 14. The molecular weight excluding hydrogens is 458 g/mol. The number of hydrogen-bond acceptors (Lipinski definition) is 5. The molecule has 180 valence electrons. The Kier molecular flexibility index (Phi) is 12.1. The predicted octanol–water partition coefficient (Wildman–Crippen LogP) is 4.16. The third-order valence-electron chi connectivity index (χ3n) is 5.36. The average Bonchev–Trinajstić information content (AvgIpc) is 2.84. The predicted molar refractivity (Wildman–Crippen MR) is 137 cm³/mol.